The highest BCUT2D eigenvalue weighted by atomic mass is 16.3. The maximum Gasteiger partial charge on any atom is 0.150 e. The molecule has 1 aliphatic rings. The molecule has 0 unspecified atom stereocenters. The van der Waals surface area contributed by atoms with Crippen LogP contribution in [0.1, 0.15) is 28.8 Å². The molecule has 1 aromatic carbocycles. The van der Waals surface area contributed by atoms with Crippen LogP contribution >= 0.6 is 0 Å². The normalized spacial score (nSPS) is 18.2. The molecule has 3 heteroatoms. The number of carbonyl (C=O) groups is 1. The predicted octanol–water partition coefficient (Wildman–Crippen LogP) is 1.19. The third kappa shape index (κ3) is 1.31. The molecule has 0 saturated heterocycles. The van der Waals surface area contributed by atoms with Crippen LogP contribution in [0, 0.1) is 0 Å². The Morgan fingerprint density at radius 1 is 1.38 bits per heavy atom. The summed E-state index contributed by atoms with van der Waals surface area (Å²) in [6, 6.07) is 4.42. The van der Waals surface area contributed by atoms with Gasteiger partial charge >= 0.3 is 0 Å². The summed E-state index contributed by atoms with van der Waals surface area (Å²) in [6.07, 6.45) is 2.03. The number of aliphatic hydroxyl groups is 1. The molecule has 1 aliphatic carbocycles. The zero-order valence-electron chi connectivity index (χ0n) is 7.03. The lowest BCUT2D eigenvalue weighted by molar-refractivity contribution is 0.110. The number of rotatable bonds is 2. The summed E-state index contributed by atoms with van der Waals surface area (Å²) < 4.78 is 0. The van der Waals surface area contributed by atoms with Crippen molar-refractivity contribution in [2.45, 2.75) is 18.4 Å². The number of hydrogen-bond donors (Lipinski definition) is 2. The first-order valence-corrected chi connectivity index (χ1v) is 4.17. The van der Waals surface area contributed by atoms with Crippen LogP contribution in [0.25, 0.3) is 0 Å². The summed E-state index contributed by atoms with van der Waals surface area (Å²) in [4.78, 5) is 10.6. The van der Waals surface area contributed by atoms with Crippen LogP contribution in [0.3, 0.4) is 0 Å². The van der Waals surface area contributed by atoms with E-state index in [1.54, 1.807) is 0 Å². The molecule has 0 atom stereocenters. The van der Waals surface area contributed by atoms with Gasteiger partial charge in [0, 0.05) is 5.56 Å². The Bertz CT molecular complexity index is 353. The van der Waals surface area contributed by atoms with Gasteiger partial charge in [-0.2, -0.15) is 0 Å². The topological polar surface area (TPSA) is 57.5 Å². The zero-order valence-corrected chi connectivity index (χ0v) is 7.03. The van der Waals surface area contributed by atoms with Crippen LogP contribution in [0.15, 0.2) is 18.2 Å². The molecule has 0 amide bonds. The Morgan fingerprint density at radius 3 is 2.62 bits per heavy atom. The maximum absolute atomic E-state index is 10.6. The van der Waals surface area contributed by atoms with Crippen LogP contribution in [-0.4, -0.2) is 16.5 Å². The van der Waals surface area contributed by atoms with E-state index in [1.807, 2.05) is 0 Å². The molecule has 0 aromatic heterocycles. The van der Waals surface area contributed by atoms with Crippen molar-refractivity contribution in [3.8, 4) is 5.75 Å². The average Bonchev–Trinajstić information content (AvgIpc) is 2.85. The monoisotopic (exact) mass is 178 g/mol. The summed E-state index contributed by atoms with van der Waals surface area (Å²) >= 11 is 0. The van der Waals surface area contributed by atoms with Crippen LogP contribution in [0.4, 0.5) is 0 Å². The largest absolute Gasteiger partial charge is 0.508 e. The van der Waals surface area contributed by atoms with E-state index in [4.69, 9.17) is 0 Å². The Labute approximate surface area is 75.6 Å². The first-order chi connectivity index (χ1) is 6.15. The lowest BCUT2D eigenvalue weighted by atomic mass is 10.0. The van der Waals surface area contributed by atoms with Crippen molar-refractivity contribution in [1.29, 1.82) is 0 Å². The van der Waals surface area contributed by atoms with Gasteiger partial charge in [-0.15, -0.1) is 0 Å². The van der Waals surface area contributed by atoms with E-state index >= 15 is 0 Å². The van der Waals surface area contributed by atoms with Crippen LogP contribution in [0.2, 0.25) is 0 Å². The molecule has 0 radical (unpaired) electrons. The summed E-state index contributed by atoms with van der Waals surface area (Å²) in [5.41, 5.74) is 0.134. The molecule has 3 nitrogen and oxygen atoms in total. The molecule has 1 fully saturated rings. The first kappa shape index (κ1) is 8.26. The Hall–Kier alpha value is -1.35. The third-order valence-corrected chi connectivity index (χ3v) is 2.39. The second kappa shape index (κ2) is 2.57. The minimum atomic E-state index is -0.866. The molecule has 68 valence electrons. The predicted molar refractivity (Wildman–Crippen MR) is 46.6 cm³/mol. The highest BCUT2D eigenvalue weighted by Crippen LogP contribution is 2.47. The van der Waals surface area contributed by atoms with Crippen molar-refractivity contribution in [2.75, 3.05) is 0 Å². The second-order valence-corrected chi connectivity index (χ2v) is 3.42. The van der Waals surface area contributed by atoms with E-state index in [1.165, 1.54) is 18.2 Å². The fourth-order valence-electron chi connectivity index (χ4n) is 1.44. The number of benzene rings is 1. The number of aldehydes is 1. The van der Waals surface area contributed by atoms with Crippen LogP contribution < -0.4 is 0 Å². The van der Waals surface area contributed by atoms with E-state index < -0.39 is 5.60 Å². The molecule has 13 heavy (non-hydrogen) atoms. The summed E-state index contributed by atoms with van der Waals surface area (Å²) in [5.74, 6) is 0.0842. The lowest BCUT2D eigenvalue weighted by Crippen LogP contribution is -2.07. The van der Waals surface area contributed by atoms with Gasteiger partial charge in [-0.1, -0.05) is 0 Å². The van der Waals surface area contributed by atoms with E-state index in [2.05, 4.69) is 0 Å². The summed E-state index contributed by atoms with van der Waals surface area (Å²) in [7, 11) is 0. The van der Waals surface area contributed by atoms with Crippen molar-refractivity contribution < 1.29 is 15.0 Å². The Morgan fingerprint density at radius 2 is 2.08 bits per heavy atom. The summed E-state index contributed by atoms with van der Waals surface area (Å²) in [5, 5.41) is 19.0. The number of carbonyl (C=O) groups excluding carboxylic acids is 1. The van der Waals surface area contributed by atoms with Gasteiger partial charge in [-0.25, -0.2) is 0 Å². The zero-order chi connectivity index (χ0) is 9.47. The molecule has 2 rings (SSSR count). The molecule has 2 N–H and O–H groups in total. The van der Waals surface area contributed by atoms with E-state index in [0.717, 1.165) is 0 Å². The molecule has 1 aromatic rings. The van der Waals surface area contributed by atoms with E-state index in [9.17, 15) is 15.0 Å². The second-order valence-electron chi connectivity index (χ2n) is 3.42. The summed E-state index contributed by atoms with van der Waals surface area (Å²) in [6.45, 7) is 0. The molecule has 0 spiro atoms. The van der Waals surface area contributed by atoms with Gasteiger partial charge in [-0.05, 0) is 36.6 Å². The van der Waals surface area contributed by atoms with Gasteiger partial charge in [0.15, 0.2) is 0 Å². The Balaban J connectivity index is 2.52. The molecule has 1 saturated carbocycles. The van der Waals surface area contributed by atoms with Gasteiger partial charge < -0.3 is 10.2 Å². The van der Waals surface area contributed by atoms with Crippen molar-refractivity contribution in [3.05, 3.63) is 29.3 Å². The minimum Gasteiger partial charge on any atom is -0.508 e. The van der Waals surface area contributed by atoms with Gasteiger partial charge in [0.05, 0.1) is 5.60 Å². The smallest absolute Gasteiger partial charge is 0.150 e. The maximum atomic E-state index is 10.6. The van der Waals surface area contributed by atoms with Crippen molar-refractivity contribution in [2.24, 2.45) is 0 Å². The average molecular weight is 178 g/mol. The minimum absolute atomic E-state index is 0.0842. The highest BCUT2D eigenvalue weighted by Gasteiger charge is 2.43. The number of phenolic OH excluding ortho intramolecular Hbond substituents is 1. The SMILES string of the molecule is O=Cc1ccc(O)cc1C1(O)CC1. The fraction of sp³-hybridized carbons (Fsp3) is 0.300. The number of aromatic hydroxyl groups is 1. The molecule has 0 heterocycles. The van der Waals surface area contributed by atoms with Gasteiger partial charge in [0.25, 0.3) is 0 Å². The van der Waals surface area contributed by atoms with Crippen molar-refractivity contribution in [3.63, 3.8) is 0 Å². The molecular formula is C10H10O3. The van der Waals surface area contributed by atoms with Crippen molar-refractivity contribution >= 4 is 6.29 Å². The van der Waals surface area contributed by atoms with Gasteiger partial charge in [0.2, 0.25) is 0 Å². The standard InChI is InChI=1S/C10H10O3/c11-6-7-1-2-8(12)5-9(7)10(13)3-4-10/h1-2,5-6,12-13H,3-4H2. The number of phenols is 1. The Kier molecular flexibility index (Phi) is 1.63. The van der Waals surface area contributed by atoms with Crippen LogP contribution in [-0.2, 0) is 5.60 Å². The highest BCUT2D eigenvalue weighted by molar-refractivity contribution is 5.78. The molecule has 0 aliphatic heterocycles. The molecule has 0 bridgehead atoms. The quantitative estimate of drug-likeness (QED) is 0.669. The fourth-order valence-corrected chi connectivity index (χ4v) is 1.44. The number of hydrogen-bond acceptors (Lipinski definition) is 3. The van der Waals surface area contributed by atoms with E-state index in [0.29, 0.717) is 30.3 Å². The van der Waals surface area contributed by atoms with Crippen LogP contribution in [0.5, 0.6) is 5.75 Å². The van der Waals surface area contributed by atoms with Gasteiger partial charge in [-0.3, -0.25) is 4.79 Å². The lowest BCUT2D eigenvalue weighted by Gasteiger charge is -2.10. The van der Waals surface area contributed by atoms with Gasteiger partial charge in [0.1, 0.15) is 12.0 Å². The molecular weight excluding hydrogens is 168 g/mol. The van der Waals surface area contributed by atoms with E-state index in [-0.39, 0.29) is 5.75 Å². The first-order valence-electron chi connectivity index (χ1n) is 4.17. The third-order valence-electron chi connectivity index (χ3n) is 2.39. The van der Waals surface area contributed by atoms with Crippen molar-refractivity contribution in [1.82, 2.24) is 0 Å².